The van der Waals surface area contributed by atoms with Crippen molar-refractivity contribution in [2.24, 2.45) is 16.1 Å². The Morgan fingerprint density at radius 1 is 1.05 bits per heavy atom. The van der Waals surface area contributed by atoms with Gasteiger partial charge in [-0.1, -0.05) is 74.0 Å². The number of hydrogen-bond donors (Lipinski definition) is 3. The topological polar surface area (TPSA) is 134 Å². The van der Waals surface area contributed by atoms with Crippen molar-refractivity contribution in [3.63, 3.8) is 0 Å². The first-order chi connectivity index (χ1) is 20.5. The average Bonchev–Trinajstić information content (AvgIpc) is 3.62. The predicted molar refractivity (Wildman–Crippen MR) is 168 cm³/mol. The molecule has 3 aromatic carbocycles. The Labute approximate surface area is 248 Å². The van der Waals surface area contributed by atoms with E-state index in [-0.39, 0.29) is 11.7 Å². The molecule has 0 spiro atoms. The van der Waals surface area contributed by atoms with Crippen LogP contribution in [0.1, 0.15) is 52.9 Å². The molecular weight excluding hydrogens is 544 g/mol. The summed E-state index contributed by atoms with van der Waals surface area (Å²) in [6.07, 6.45) is 4.44. The van der Waals surface area contributed by atoms with Crippen molar-refractivity contribution in [1.82, 2.24) is 14.5 Å². The van der Waals surface area contributed by atoms with Crippen molar-refractivity contribution < 1.29 is 4.79 Å². The first-order valence-corrected chi connectivity index (χ1v) is 14.6. The molecule has 2 aromatic heterocycles. The van der Waals surface area contributed by atoms with Gasteiger partial charge in [-0.3, -0.25) is 10.1 Å². The van der Waals surface area contributed by atoms with Crippen molar-refractivity contribution in [1.29, 1.82) is 5.53 Å². The summed E-state index contributed by atoms with van der Waals surface area (Å²) in [5, 5.41) is 12.7. The summed E-state index contributed by atoms with van der Waals surface area (Å²) < 4.78 is 1.99. The second kappa shape index (κ2) is 13.1. The number of amides is 1. The third kappa shape index (κ3) is 6.34. The third-order valence-corrected chi connectivity index (χ3v) is 7.84. The Morgan fingerprint density at radius 2 is 1.81 bits per heavy atom. The van der Waals surface area contributed by atoms with Crippen LogP contribution in [-0.4, -0.2) is 26.3 Å². The molecule has 0 saturated carbocycles. The molecule has 0 fully saturated rings. The molecule has 0 bridgehead atoms. The largest absolute Gasteiger partial charge is 0.321 e. The normalized spacial score (nSPS) is 11.4. The first kappa shape index (κ1) is 28.6. The van der Waals surface area contributed by atoms with Crippen molar-refractivity contribution in [2.75, 3.05) is 5.32 Å². The zero-order chi connectivity index (χ0) is 29.5. The molecule has 0 unspecified atom stereocenters. The summed E-state index contributed by atoms with van der Waals surface area (Å²) in [5.41, 5.74) is 14.6. The number of carbonyl (C=O) groups excluding carboxylic acids is 1. The van der Waals surface area contributed by atoms with Gasteiger partial charge in [-0.2, -0.15) is 5.10 Å². The van der Waals surface area contributed by atoms with Gasteiger partial charge in [-0.25, -0.2) is 15.5 Å². The van der Waals surface area contributed by atoms with Crippen LogP contribution >= 0.6 is 11.3 Å². The van der Waals surface area contributed by atoms with Crippen molar-refractivity contribution in [3.8, 4) is 22.3 Å². The van der Waals surface area contributed by atoms with Crippen molar-refractivity contribution >= 4 is 28.2 Å². The van der Waals surface area contributed by atoms with E-state index in [1.807, 2.05) is 71.5 Å². The maximum Gasteiger partial charge on any atom is 0.275 e. The molecule has 4 N–H and O–H groups in total. The summed E-state index contributed by atoms with van der Waals surface area (Å²) >= 11 is 1.40. The zero-order valence-electron chi connectivity index (χ0n) is 23.5. The van der Waals surface area contributed by atoms with Gasteiger partial charge in [0.15, 0.2) is 11.0 Å². The highest BCUT2D eigenvalue weighted by molar-refractivity contribution is 7.13. The Kier molecular flexibility index (Phi) is 8.93. The number of benzene rings is 3. The number of nitrogens with one attached hydrogen (secondary N) is 2. The van der Waals surface area contributed by atoms with Gasteiger partial charge in [0, 0.05) is 23.9 Å². The number of aromatic nitrogens is 3. The van der Waals surface area contributed by atoms with E-state index >= 15 is 0 Å². The SMILES string of the molecule is CCCCc1ncc(C(=O)Nc2nc(C)cs2)n1Cc1ccc(-c2cc(-c3ccccc3)ccc2/C(N=N)=N/N)cc1. The molecule has 0 aliphatic carbocycles. The summed E-state index contributed by atoms with van der Waals surface area (Å²) in [6.45, 7) is 4.53. The third-order valence-electron chi connectivity index (χ3n) is 6.97. The van der Waals surface area contributed by atoms with Gasteiger partial charge in [-0.15, -0.1) is 16.5 Å². The minimum absolute atomic E-state index is 0.152. The quantitative estimate of drug-likeness (QED) is 0.0529. The number of thiazole rings is 1. The van der Waals surface area contributed by atoms with E-state index < -0.39 is 0 Å². The summed E-state index contributed by atoms with van der Waals surface area (Å²) in [6, 6.07) is 24.2. The molecule has 0 radical (unpaired) electrons. The van der Waals surface area contributed by atoms with E-state index in [2.05, 4.69) is 50.6 Å². The van der Waals surface area contributed by atoms with Crippen LogP contribution in [0.5, 0.6) is 0 Å². The zero-order valence-corrected chi connectivity index (χ0v) is 24.4. The molecule has 5 rings (SSSR count). The minimum Gasteiger partial charge on any atom is -0.321 e. The number of nitrogens with two attached hydrogens (primary N) is 1. The van der Waals surface area contributed by atoms with Crippen LogP contribution in [0.15, 0.2) is 94.6 Å². The summed E-state index contributed by atoms with van der Waals surface area (Å²) in [4.78, 5) is 22.2. The second-order valence-electron chi connectivity index (χ2n) is 9.89. The van der Waals surface area contributed by atoms with E-state index in [0.717, 1.165) is 58.6 Å². The number of rotatable bonds is 10. The number of amidine groups is 1. The van der Waals surface area contributed by atoms with Crippen LogP contribution in [0.25, 0.3) is 22.3 Å². The average molecular weight is 577 g/mol. The summed E-state index contributed by atoms with van der Waals surface area (Å²) in [5.74, 6) is 6.37. The maximum atomic E-state index is 13.2. The van der Waals surface area contributed by atoms with Gasteiger partial charge in [0.2, 0.25) is 0 Å². The molecule has 9 nitrogen and oxygen atoms in total. The number of carbonyl (C=O) groups is 1. The van der Waals surface area contributed by atoms with Gasteiger partial charge in [0.05, 0.1) is 11.9 Å². The fraction of sp³-hybridized carbons (Fsp3) is 0.188. The summed E-state index contributed by atoms with van der Waals surface area (Å²) in [7, 11) is 0. The molecule has 0 atom stereocenters. The van der Waals surface area contributed by atoms with Crippen LogP contribution in [0.4, 0.5) is 5.13 Å². The second-order valence-corrected chi connectivity index (χ2v) is 10.7. The number of hydrogen-bond acceptors (Lipinski definition) is 7. The Bertz CT molecular complexity index is 1720. The lowest BCUT2D eigenvalue weighted by Gasteiger charge is -2.14. The van der Waals surface area contributed by atoms with E-state index in [0.29, 0.717) is 22.9 Å². The molecular formula is C32H32N8OS. The highest BCUT2D eigenvalue weighted by Crippen LogP contribution is 2.31. The number of unbranched alkanes of at least 4 members (excludes halogenated alkanes) is 1. The van der Waals surface area contributed by atoms with Gasteiger partial charge in [0.25, 0.3) is 5.91 Å². The fourth-order valence-electron chi connectivity index (χ4n) is 4.80. The van der Waals surface area contributed by atoms with Crippen LogP contribution in [0, 0.1) is 12.5 Å². The van der Waals surface area contributed by atoms with E-state index in [9.17, 15) is 4.79 Å². The Balaban J connectivity index is 1.47. The number of imidazole rings is 1. The fourth-order valence-corrected chi connectivity index (χ4v) is 5.48. The molecule has 42 heavy (non-hydrogen) atoms. The molecule has 212 valence electrons. The molecule has 1 amide bonds. The Morgan fingerprint density at radius 3 is 2.48 bits per heavy atom. The number of nitrogens with zero attached hydrogens (tertiary/aromatic N) is 5. The van der Waals surface area contributed by atoms with E-state index in [1.165, 1.54) is 11.3 Å². The lowest BCUT2D eigenvalue weighted by Crippen LogP contribution is -2.19. The Hall–Kier alpha value is -4.96. The smallest absolute Gasteiger partial charge is 0.275 e. The minimum atomic E-state index is -0.230. The van der Waals surface area contributed by atoms with E-state index in [1.54, 1.807) is 6.20 Å². The van der Waals surface area contributed by atoms with Crippen LogP contribution in [0.3, 0.4) is 0 Å². The maximum absolute atomic E-state index is 13.2. The molecule has 0 aliphatic heterocycles. The first-order valence-electron chi connectivity index (χ1n) is 13.7. The molecule has 0 aliphatic rings. The molecule has 2 heterocycles. The van der Waals surface area contributed by atoms with Gasteiger partial charge < -0.3 is 10.4 Å². The molecule has 0 saturated heterocycles. The van der Waals surface area contributed by atoms with Gasteiger partial charge in [-0.05, 0) is 53.3 Å². The number of anilines is 1. The van der Waals surface area contributed by atoms with Crippen LogP contribution in [0.2, 0.25) is 0 Å². The highest BCUT2D eigenvalue weighted by Gasteiger charge is 2.19. The lowest BCUT2D eigenvalue weighted by molar-refractivity contribution is 0.101. The van der Waals surface area contributed by atoms with Gasteiger partial charge >= 0.3 is 0 Å². The number of aryl methyl sites for hydroxylation is 2. The highest BCUT2D eigenvalue weighted by atomic mass is 32.1. The standard InChI is InChI=1S/C32H32N8OS/c1-3-4-10-29-35-18-28(31(41)37-32-36-21(2)20-42-32)40(29)19-22-11-13-24(14-12-22)27-17-25(23-8-6-5-7-9-23)15-16-26(27)30(38-33)39-34/h5-9,11-18,20,33H,3-4,10,19,34H2,1-2H3,(H,36,37,41)/b38-33?,39-30-. The van der Waals surface area contributed by atoms with E-state index in [4.69, 9.17) is 11.4 Å². The molecule has 10 heteroatoms. The van der Waals surface area contributed by atoms with Crippen molar-refractivity contribution in [2.45, 2.75) is 39.7 Å². The van der Waals surface area contributed by atoms with Crippen LogP contribution in [-0.2, 0) is 13.0 Å². The monoisotopic (exact) mass is 576 g/mol. The predicted octanol–water partition coefficient (Wildman–Crippen LogP) is 7.28. The van der Waals surface area contributed by atoms with Crippen LogP contribution < -0.4 is 11.2 Å². The number of hydrazone groups is 1. The van der Waals surface area contributed by atoms with Crippen molar-refractivity contribution in [3.05, 3.63) is 113 Å². The lowest BCUT2D eigenvalue weighted by atomic mass is 9.93. The molecule has 5 aromatic rings. The van der Waals surface area contributed by atoms with Gasteiger partial charge in [0.1, 0.15) is 11.5 Å².